The molecule has 1 aliphatic rings. The van der Waals surface area contributed by atoms with Crippen LogP contribution in [-0.2, 0) is 14.8 Å². The fourth-order valence-corrected chi connectivity index (χ4v) is 3.30. The Hall–Kier alpha value is -0.620. The van der Waals surface area contributed by atoms with Crippen molar-refractivity contribution in [2.45, 2.75) is 44.9 Å². The van der Waals surface area contributed by atoms with Crippen molar-refractivity contribution < 1.29 is 18.3 Å². The maximum absolute atomic E-state index is 11.5. The first kappa shape index (κ1) is 14.4. The Morgan fingerprint density at radius 1 is 1.29 bits per heavy atom. The predicted octanol–water partition coefficient (Wildman–Crippen LogP) is 1.35. The van der Waals surface area contributed by atoms with Crippen LogP contribution in [0.4, 0.5) is 0 Å². The van der Waals surface area contributed by atoms with Crippen LogP contribution < -0.4 is 4.72 Å². The number of carbonyl (C=O) groups is 1. The number of carboxylic acids is 1. The van der Waals surface area contributed by atoms with Crippen LogP contribution in [0, 0.1) is 5.92 Å². The van der Waals surface area contributed by atoms with E-state index in [1.54, 1.807) is 0 Å². The molecule has 1 fully saturated rings. The Bertz CT molecular complexity index is 333. The Morgan fingerprint density at radius 2 is 1.94 bits per heavy atom. The molecular formula is C11H21NO4S. The smallest absolute Gasteiger partial charge is 0.303 e. The molecule has 0 radical (unpaired) electrons. The van der Waals surface area contributed by atoms with Gasteiger partial charge >= 0.3 is 5.97 Å². The summed E-state index contributed by atoms with van der Waals surface area (Å²) in [5.41, 5.74) is 0. The second-order valence-electron chi connectivity index (χ2n) is 4.65. The monoisotopic (exact) mass is 263 g/mol. The lowest BCUT2D eigenvalue weighted by atomic mass is 10.1. The third-order valence-corrected chi connectivity index (χ3v) is 4.62. The molecule has 0 unspecified atom stereocenters. The van der Waals surface area contributed by atoms with Crippen LogP contribution in [0.15, 0.2) is 0 Å². The van der Waals surface area contributed by atoms with Gasteiger partial charge in [0.05, 0.1) is 5.75 Å². The zero-order valence-electron chi connectivity index (χ0n) is 10.0. The van der Waals surface area contributed by atoms with Gasteiger partial charge in [-0.1, -0.05) is 25.7 Å². The minimum absolute atomic E-state index is 0.0933. The van der Waals surface area contributed by atoms with E-state index in [0.29, 0.717) is 12.5 Å². The number of aliphatic carboxylic acids is 1. The summed E-state index contributed by atoms with van der Waals surface area (Å²) in [7, 11) is -3.28. The summed E-state index contributed by atoms with van der Waals surface area (Å²) >= 11 is 0. The summed E-state index contributed by atoms with van der Waals surface area (Å²) in [6.07, 6.45) is 5.92. The van der Waals surface area contributed by atoms with Gasteiger partial charge in [-0.05, 0) is 18.8 Å². The van der Waals surface area contributed by atoms with Crippen molar-refractivity contribution >= 4 is 16.0 Å². The number of nitrogens with one attached hydrogen (secondary N) is 1. The largest absolute Gasteiger partial charge is 0.481 e. The molecule has 0 aromatic heterocycles. The maximum atomic E-state index is 11.5. The topological polar surface area (TPSA) is 83.5 Å². The highest BCUT2D eigenvalue weighted by atomic mass is 32.2. The van der Waals surface area contributed by atoms with Gasteiger partial charge in [0.1, 0.15) is 0 Å². The van der Waals surface area contributed by atoms with Crippen LogP contribution in [-0.4, -0.2) is 31.8 Å². The molecule has 100 valence electrons. The van der Waals surface area contributed by atoms with Crippen molar-refractivity contribution in [2.75, 3.05) is 12.3 Å². The van der Waals surface area contributed by atoms with Crippen molar-refractivity contribution in [3.63, 3.8) is 0 Å². The van der Waals surface area contributed by atoms with E-state index in [2.05, 4.69) is 4.72 Å². The first-order valence-electron chi connectivity index (χ1n) is 6.19. The first-order valence-corrected chi connectivity index (χ1v) is 7.84. The molecular weight excluding hydrogens is 242 g/mol. The average molecular weight is 263 g/mol. The van der Waals surface area contributed by atoms with Gasteiger partial charge in [-0.2, -0.15) is 0 Å². The lowest BCUT2D eigenvalue weighted by Crippen LogP contribution is -2.28. The van der Waals surface area contributed by atoms with E-state index in [0.717, 1.165) is 6.42 Å². The Morgan fingerprint density at radius 3 is 2.53 bits per heavy atom. The van der Waals surface area contributed by atoms with E-state index in [-0.39, 0.29) is 18.6 Å². The molecule has 0 atom stereocenters. The van der Waals surface area contributed by atoms with Crippen molar-refractivity contribution in [3.05, 3.63) is 0 Å². The molecule has 2 N–H and O–H groups in total. The summed E-state index contributed by atoms with van der Waals surface area (Å²) in [5.74, 6) is -0.382. The van der Waals surface area contributed by atoms with Gasteiger partial charge in [0.15, 0.2) is 0 Å². The lowest BCUT2D eigenvalue weighted by Gasteiger charge is -2.10. The van der Waals surface area contributed by atoms with Crippen LogP contribution in [0.2, 0.25) is 0 Å². The molecule has 0 aromatic rings. The molecule has 0 heterocycles. The number of hydrogen-bond acceptors (Lipinski definition) is 3. The van der Waals surface area contributed by atoms with E-state index in [1.807, 2.05) is 0 Å². The third kappa shape index (κ3) is 6.63. The van der Waals surface area contributed by atoms with Gasteiger partial charge < -0.3 is 5.11 Å². The first-order chi connectivity index (χ1) is 7.99. The van der Waals surface area contributed by atoms with Gasteiger partial charge in [0, 0.05) is 13.0 Å². The highest BCUT2D eigenvalue weighted by molar-refractivity contribution is 7.89. The highest BCUT2D eigenvalue weighted by Gasteiger charge is 2.16. The van der Waals surface area contributed by atoms with E-state index >= 15 is 0 Å². The molecule has 0 bridgehead atoms. The summed E-state index contributed by atoms with van der Waals surface area (Å²) in [6, 6.07) is 0. The normalized spacial score (nSPS) is 17.4. The fourth-order valence-electron chi connectivity index (χ4n) is 2.20. The number of sulfonamides is 1. The Balaban J connectivity index is 2.13. The molecule has 1 saturated carbocycles. The zero-order chi connectivity index (χ0) is 12.7. The predicted molar refractivity (Wildman–Crippen MR) is 65.2 cm³/mol. The SMILES string of the molecule is O=C(O)CCCS(=O)(=O)NCCC1CCCC1. The van der Waals surface area contributed by atoms with Crippen LogP contribution in [0.3, 0.4) is 0 Å². The van der Waals surface area contributed by atoms with Gasteiger partial charge in [-0.25, -0.2) is 13.1 Å². The van der Waals surface area contributed by atoms with Crippen molar-refractivity contribution in [3.8, 4) is 0 Å². The fraction of sp³-hybridized carbons (Fsp3) is 0.909. The van der Waals surface area contributed by atoms with Crippen LogP contribution >= 0.6 is 0 Å². The van der Waals surface area contributed by atoms with Gasteiger partial charge in [0.2, 0.25) is 10.0 Å². The van der Waals surface area contributed by atoms with E-state index in [1.165, 1.54) is 25.7 Å². The van der Waals surface area contributed by atoms with Crippen molar-refractivity contribution in [2.24, 2.45) is 5.92 Å². The number of hydrogen-bond donors (Lipinski definition) is 2. The lowest BCUT2D eigenvalue weighted by molar-refractivity contribution is -0.137. The molecule has 0 aliphatic heterocycles. The third-order valence-electron chi connectivity index (χ3n) is 3.15. The zero-order valence-corrected chi connectivity index (χ0v) is 10.8. The van der Waals surface area contributed by atoms with Crippen molar-refractivity contribution in [1.82, 2.24) is 4.72 Å². The van der Waals surface area contributed by atoms with Gasteiger partial charge in [-0.3, -0.25) is 4.79 Å². The average Bonchev–Trinajstić information content (AvgIpc) is 2.69. The van der Waals surface area contributed by atoms with Crippen molar-refractivity contribution in [1.29, 1.82) is 0 Å². The van der Waals surface area contributed by atoms with E-state index < -0.39 is 16.0 Å². The molecule has 17 heavy (non-hydrogen) atoms. The molecule has 0 spiro atoms. The summed E-state index contributed by atoms with van der Waals surface area (Å²) in [5, 5.41) is 8.41. The standard InChI is InChI=1S/C11H21NO4S/c13-11(14)6-3-9-17(15,16)12-8-7-10-4-1-2-5-10/h10,12H,1-9H2,(H,13,14). The van der Waals surface area contributed by atoms with Crippen LogP contribution in [0.25, 0.3) is 0 Å². The Labute approximate surface area is 103 Å². The second-order valence-corrected chi connectivity index (χ2v) is 6.58. The molecule has 0 saturated heterocycles. The number of carboxylic acid groups (broad SMARTS) is 1. The molecule has 6 heteroatoms. The maximum Gasteiger partial charge on any atom is 0.303 e. The molecule has 5 nitrogen and oxygen atoms in total. The minimum Gasteiger partial charge on any atom is -0.481 e. The minimum atomic E-state index is -3.28. The van der Waals surface area contributed by atoms with Gasteiger partial charge in [-0.15, -0.1) is 0 Å². The quantitative estimate of drug-likeness (QED) is 0.692. The molecule has 1 aliphatic carbocycles. The number of rotatable bonds is 8. The van der Waals surface area contributed by atoms with E-state index in [9.17, 15) is 13.2 Å². The summed E-state index contributed by atoms with van der Waals surface area (Å²) in [4.78, 5) is 10.3. The van der Waals surface area contributed by atoms with E-state index in [4.69, 9.17) is 5.11 Å². The Kier molecular flexibility index (Phi) is 5.91. The van der Waals surface area contributed by atoms with Gasteiger partial charge in [0.25, 0.3) is 0 Å². The van der Waals surface area contributed by atoms with Crippen LogP contribution in [0.5, 0.6) is 0 Å². The second kappa shape index (κ2) is 6.96. The molecule has 0 aromatic carbocycles. The van der Waals surface area contributed by atoms with Crippen LogP contribution in [0.1, 0.15) is 44.9 Å². The highest BCUT2D eigenvalue weighted by Crippen LogP contribution is 2.26. The summed E-state index contributed by atoms with van der Waals surface area (Å²) in [6.45, 7) is 0.486. The molecule has 1 rings (SSSR count). The molecule has 0 amide bonds. The summed E-state index contributed by atoms with van der Waals surface area (Å²) < 4.78 is 25.5.